The van der Waals surface area contributed by atoms with Gasteiger partial charge in [-0.2, -0.15) is 4.98 Å². The fraction of sp³-hybridized carbons (Fsp3) is 0.400. The molecule has 4 heterocycles. The van der Waals surface area contributed by atoms with Crippen molar-refractivity contribution >= 4 is 17.6 Å². The molecule has 8 nitrogen and oxygen atoms in total. The minimum absolute atomic E-state index is 0.272. The van der Waals surface area contributed by atoms with Gasteiger partial charge in [-0.25, -0.2) is 9.97 Å². The van der Waals surface area contributed by atoms with Gasteiger partial charge in [0.15, 0.2) is 0 Å². The molecule has 2 aliphatic rings. The van der Waals surface area contributed by atoms with E-state index < -0.39 is 0 Å². The van der Waals surface area contributed by atoms with Gasteiger partial charge in [0.25, 0.3) is 0 Å². The molecule has 3 aromatic rings. The van der Waals surface area contributed by atoms with Gasteiger partial charge >= 0.3 is 0 Å². The van der Waals surface area contributed by atoms with Gasteiger partial charge < -0.3 is 20.7 Å². The van der Waals surface area contributed by atoms with Crippen molar-refractivity contribution in [1.29, 1.82) is 0 Å². The molecular formula is C25H31N7O. The summed E-state index contributed by atoms with van der Waals surface area (Å²) in [6.07, 6.45) is 4.00. The van der Waals surface area contributed by atoms with Crippen LogP contribution in [0.2, 0.25) is 0 Å². The maximum atomic E-state index is 6.04. The highest BCUT2D eigenvalue weighted by atomic mass is 16.5. The van der Waals surface area contributed by atoms with Crippen LogP contribution < -0.4 is 16.0 Å². The molecule has 0 unspecified atom stereocenters. The van der Waals surface area contributed by atoms with Crippen molar-refractivity contribution in [3.63, 3.8) is 0 Å². The number of nitrogen functional groups attached to an aromatic ring is 1. The molecule has 1 aromatic carbocycles. The van der Waals surface area contributed by atoms with Crippen LogP contribution in [-0.2, 0) is 11.3 Å². The number of anilines is 3. The molecule has 0 radical (unpaired) electrons. The summed E-state index contributed by atoms with van der Waals surface area (Å²) in [6, 6.07) is 17.1. The largest absolute Gasteiger partial charge is 0.378 e. The monoisotopic (exact) mass is 445 g/mol. The Morgan fingerprint density at radius 3 is 2.48 bits per heavy atom. The molecule has 33 heavy (non-hydrogen) atoms. The van der Waals surface area contributed by atoms with Gasteiger partial charge in [-0.05, 0) is 30.5 Å². The normalized spacial score (nSPS) is 17.8. The van der Waals surface area contributed by atoms with E-state index in [1.165, 1.54) is 5.56 Å². The standard InChI is InChI=1S/C25H31N7O/c26-25-29-22(20-6-7-24(27-17-20)32-12-14-33-15-13-32)16-23(30-25)28-21-8-10-31(11-9-21)18-19-4-2-1-3-5-19/h1-7,16-17,21H,8-15,18H2,(H3,26,28,29,30). The number of piperidine rings is 1. The Morgan fingerprint density at radius 1 is 0.970 bits per heavy atom. The molecule has 2 aromatic heterocycles. The van der Waals surface area contributed by atoms with E-state index >= 15 is 0 Å². The molecule has 0 saturated carbocycles. The lowest BCUT2D eigenvalue weighted by molar-refractivity contribution is 0.122. The molecule has 8 heteroatoms. The number of likely N-dealkylation sites (tertiary alicyclic amines) is 1. The second kappa shape index (κ2) is 10.1. The molecule has 3 N–H and O–H groups in total. The topological polar surface area (TPSA) is 92.4 Å². The summed E-state index contributed by atoms with van der Waals surface area (Å²) in [6.45, 7) is 6.35. The number of pyridine rings is 1. The van der Waals surface area contributed by atoms with E-state index in [0.717, 1.165) is 81.7 Å². The van der Waals surface area contributed by atoms with Crippen LogP contribution in [-0.4, -0.2) is 65.3 Å². The third kappa shape index (κ3) is 5.58. The predicted octanol–water partition coefficient (Wildman–Crippen LogP) is 3.03. The Kier molecular flexibility index (Phi) is 6.64. The van der Waals surface area contributed by atoms with Crippen molar-refractivity contribution in [2.24, 2.45) is 0 Å². The van der Waals surface area contributed by atoms with E-state index in [1.54, 1.807) is 0 Å². The minimum atomic E-state index is 0.272. The number of morpholine rings is 1. The van der Waals surface area contributed by atoms with Crippen LogP contribution in [0.1, 0.15) is 18.4 Å². The van der Waals surface area contributed by atoms with Gasteiger partial charge in [-0.15, -0.1) is 0 Å². The Bertz CT molecular complexity index is 1030. The highest BCUT2D eigenvalue weighted by molar-refractivity contribution is 5.64. The van der Waals surface area contributed by atoms with Crippen molar-refractivity contribution < 1.29 is 4.74 Å². The van der Waals surface area contributed by atoms with E-state index in [4.69, 9.17) is 10.5 Å². The zero-order chi connectivity index (χ0) is 22.5. The third-order valence-electron chi connectivity index (χ3n) is 6.31. The SMILES string of the molecule is Nc1nc(NC2CCN(Cc3ccccc3)CC2)cc(-c2ccc(N3CCOCC3)nc2)n1. The fourth-order valence-corrected chi connectivity index (χ4v) is 4.49. The lowest BCUT2D eigenvalue weighted by Gasteiger charge is -2.32. The van der Waals surface area contributed by atoms with Gasteiger partial charge in [-0.3, -0.25) is 4.90 Å². The quantitative estimate of drug-likeness (QED) is 0.598. The first-order valence-corrected chi connectivity index (χ1v) is 11.7. The number of nitrogens with one attached hydrogen (secondary N) is 1. The number of rotatable bonds is 6. The van der Waals surface area contributed by atoms with E-state index in [1.807, 2.05) is 24.4 Å². The number of benzene rings is 1. The summed E-state index contributed by atoms with van der Waals surface area (Å²) >= 11 is 0. The molecule has 5 rings (SSSR count). The fourth-order valence-electron chi connectivity index (χ4n) is 4.49. The summed E-state index contributed by atoms with van der Waals surface area (Å²) in [5, 5.41) is 3.58. The van der Waals surface area contributed by atoms with Gasteiger partial charge in [0.05, 0.1) is 18.9 Å². The number of hydrogen-bond acceptors (Lipinski definition) is 8. The molecule has 0 amide bonds. The van der Waals surface area contributed by atoms with E-state index in [-0.39, 0.29) is 5.95 Å². The second-order valence-corrected chi connectivity index (χ2v) is 8.68. The number of hydrogen-bond donors (Lipinski definition) is 2. The van der Waals surface area contributed by atoms with Crippen LogP contribution in [0.25, 0.3) is 11.3 Å². The average molecular weight is 446 g/mol. The molecular weight excluding hydrogens is 414 g/mol. The highest BCUT2D eigenvalue weighted by Crippen LogP contribution is 2.24. The molecule has 2 saturated heterocycles. The maximum absolute atomic E-state index is 6.04. The summed E-state index contributed by atoms with van der Waals surface area (Å²) in [7, 11) is 0. The summed E-state index contributed by atoms with van der Waals surface area (Å²) in [5.74, 6) is 2.01. The Hall–Kier alpha value is -3.23. The van der Waals surface area contributed by atoms with Gasteiger partial charge in [0, 0.05) is 56.6 Å². The van der Waals surface area contributed by atoms with Crippen molar-refractivity contribution in [3.8, 4) is 11.3 Å². The third-order valence-corrected chi connectivity index (χ3v) is 6.31. The maximum Gasteiger partial charge on any atom is 0.222 e. The van der Waals surface area contributed by atoms with Crippen molar-refractivity contribution in [1.82, 2.24) is 19.9 Å². The molecule has 0 aliphatic carbocycles. The second-order valence-electron chi connectivity index (χ2n) is 8.68. The lowest BCUT2D eigenvalue weighted by atomic mass is 10.0. The number of ether oxygens (including phenoxy) is 1. The smallest absolute Gasteiger partial charge is 0.222 e. The van der Waals surface area contributed by atoms with E-state index in [0.29, 0.717) is 6.04 Å². The molecule has 2 aliphatic heterocycles. The van der Waals surface area contributed by atoms with Crippen LogP contribution in [0.3, 0.4) is 0 Å². The van der Waals surface area contributed by atoms with E-state index in [9.17, 15) is 0 Å². The molecule has 0 atom stereocenters. The summed E-state index contributed by atoms with van der Waals surface area (Å²) in [5.41, 5.74) is 9.13. The average Bonchev–Trinajstić information content (AvgIpc) is 2.86. The van der Waals surface area contributed by atoms with Gasteiger partial charge in [0.1, 0.15) is 11.6 Å². The first-order valence-electron chi connectivity index (χ1n) is 11.7. The molecule has 0 spiro atoms. The summed E-state index contributed by atoms with van der Waals surface area (Å²) < 4.78 is 5.43. The Balaban J connectivity index is 1.20. The first kappa shape index (κ1) is 21.6. The van der Waals surface area contributed by atoms with E-state index in [2.05, 4.69) is 60.4 Å². The minimum Gasteiger partial charge on any atom is -0.378 e. The zero-order valence-electron chi connectivity index (χ0n) is 18.9. The zero-order valence-corrected chi connectivity index (χ0v) is 18.9. The lowest BCUT2D eigenvalue weighted by Crippen LogP contribution is -2.38. The molecule has 0 bridgehead atoms. The van der Waals surface area contributed by atoms with Crippen LogP contribution in [0, 0.1) is 0 Å². The van der Waals surface area contributed by atoms with Crippen LogP contribution in [0.4, 0.5) is 17.6 Å². The highest BCUT2D eigenvalue weighted by Gasteiger charge is 2.20. The molecule has 2 fully saturated rings. The Labute approximate surface area is 194 Å². The molecule has 172 valence electrons. The number of nitrogens with zero attached hydrogens (tertiary/aromatic N) is 5. The van der Waals surface area contributed by atoms with Crippen molar-refractivity contribution in [2.45, 2.75) is 25.4 Å². The van der Waals surface area contributed by atoms with Crippen LogP contribution in [0.15, 0.2) is 54.7 Å². The number of nitrogens with two attached hydrogens (primary N) is 1. The Morgan fingerprint density at radius 2 is 1.76 bits per heavy atom. The summed E-state index contributed by atoms with van der Waals surface area (Å²) in [4.78, 5) is 18.3. The van der Waals surface area contributed by atoms with Crippen molar-refractivity contribution in [2.75, 3.05) is 55.3 Å². The predicted molar refractivity (Wildman–Crippen MR) is 131 cm³/mol. The van der Waals surface area contributed by atoms with Crippen molar-refractivity contribution in [3.05, 3.63) is 60.3 Å². The first-order chi connectivity index (χ1) is 16.2. The van der Waals surface area contributed by atoms with Gasteiger partial charge in [-0.1, -0.05) is 30.3 Å². The van der Waals surface area contributed by atoms with Gasteiger partial charge in [0.2, 0.25) is 5.95 Å². The number of aromatic nitrogens is 3. The van der Waals surface area contributed by atoms with Crippen LogP contribution >= 0.6 is 0 Å². The van der Waals surface area contributed by atoms with Crippen LogP contribution in [0.5, 0.6) is 0 Å².